The van der Waals surface area contributed by atoms with Crippen LogP contribution in [0, 0.1) is 0 Å². The number of rotatable bonds is 2. The van der Waals surface area contributed by atoms with E-state index in [0.717, 1.165) is 41.1 Å². The molecule has 0 unspecified atom stereocenters. The monoisotopic (exact) mass is 330 g/mol. The van der Waals surface area contributed by atoms with Gasteiger partial charge in [0, 0.05) is 23.5 Å². The Hall–Kier alpha value is -1.98. The van der Waals surface area contributed by atoms with Crippen molar-refractivity contribution in [2.24, 2.45) is 0 Å². The molecule has 0 atom stereocenters. The third kappa shape index (κ3) is 2.01. The van der Waals surface area contributed by atoms with Crippen LogP contribution in [-0.4, -0.2) is 22.7 Å². The second-order valence-corrected chi connectivity index (χ2v) is 6.58. The summed E-state index contributed by atoms with van der Waals surface area (Å²) in [5.41, 5.74) is 2.98. The van der Waals surface area contributed by atoms with Crippen molar-refractivity contribution < 1.29 is 9.59 Å². The molecule has 0 radical (unpaired) electrons. The molecule has 0 aliphatic carbocycles. The number of carbonyl (C=O) groups is 2. The maximum atomic E-state index is 12.4. The topological polar surface area (TPSA) is 49.4 Å². The molecule has 2 aromatic carbocycles. The maximum absolute atomic E-state index is 12.4. The highest BCUT2D eigenvalue weighted by Crippen LogP contribution is 2.40. The van der Waals surface area contributed by atoms with Crippen LogP contribution < -0.4 is 5.32 Å². The van der Waals surface area contributed by atoms with Crippen molar-refractivity contribution in [1.29, 1.82) is 0 Å². The number of halogens is 1. The van der Waals surface area contributed by atoms with Gasteiger partial charge in [0.1, 0.15) is 0 Å². The zero-order chi connectivity index (χ0) is 15.3. The molecule has 4 rings (SSSR count). The number of anilines is 1. The van der Waals surface area contributed by atoms with Crippen LogP contribution in [0.3, 0.4) is 0 Å². The summed E-state index contributed by atoms with van der Waals surface area (Å²) in [6.07, 6.45) is 0.894. The minimum atomic E-state index is -0.280. The lowest BCUT2D eigenvalue weighted by Crippen LogP contribution is -2.22. The van der Waals surface area contributed by atoms with Gasteiger partial charge in [0.15, 0.2) is 0 Å². The average Bonchev–Trinajstić information content (AvgIpc) is 3.07. The van der Waals surface area contributed by atoms with Crippen molar-refractivity contribution in [2.45, 2.75) is 11.3 Å². The van der Waals surface area contributed by atoms with E-state index in [1.165, 1.54) is 4.31 Å². The highest BCUT2D eigenvalue weighted by molar-refractivity contribution is 7.98. The Bertz CT molecular complexity index is 787. The van der Waals surface area contributed by atoms with Crippen LogP contribution in [0.2, 0.25) is 5.02 Å². The van der Waals surface area contributed by atoms with Gasteiger partial charge < -0.3 is 5.32 Å². The van der Waals surface area contributed by atoms with Crippen molar-refractivity contribution >= 4 is 41.1 Å². The quantitative estimate of drug-likeness (QED) is 0.675. The van der Waals surface area contributed by atoms with Gasteiger partial charge in [-0.25, -0.2) is 4.31 Å². The number of hydrogen-bond donors (Lipinski definition) is 1. The fourth-order valence-corrected chi connectivity index (χ4v) is 4.12. The Morgan fingerprint density at radius 3 is 2.45 bits per heavy atom. The van der Waals surface area contributed by atoms with Gasteiger partial charge in [-0.2, -0.15) is 0 Å². The molecule has 0 bridgehead atoms. The summed E-state index contributed by atoms with van der Waals surface area (Å²) in [7, 11) is 0. The summed E-state index contributed by atoms with van der Waals surface area (Å²) in [5, 5.41) is 3.90. The van der Waals surface area contributed by atoms with Crippen LogP contribution in [0.4, 0.5) is 5.69 Å². The lowest BCUT2D eigenvalue weighted by molar-refractivity contribution is 0.0777. The first-order valence-electron chi connectivity index (χ1n) is 6.87. The summed E-state index contributed by atoms with van der Waals surface area (Å²) in [5.74, 6) is -0.561. The van der Waals surface area contributed by atoms with Crippen LogP contribution in [-0.2, 0) is 6.42 Å². The number of benzene rings is 2. The molecule has 0 aromatic heterocycles. The van der Waals surface area contributed by atoms with E-state index in [1.807, 2.05) is 6.07 Å². The summed E-state index contributed by atoms with van der Waals surface area (Å²) in [6, 6.07) is 10.6. The lowest BCUT2D eigenvalue weighted by Gasteiger charge is -2.15. The van der Waals surface area contributed by atoms with E-state index < -0.39 is 0 Å². The second-order valence-electron chi connectivity index (χ2n) is 5.16. The fourth-order valence-electron chi connectivity index (χ4n) is 2.78. The van der Waals surface area contributed by atoms with Crippen LogP contribution in [0.1, 0.15) is 26.3 Å². The van der Waals surface area contributed by atoms with Gasteiger partial charge in [0.05, 0.1) is 21.7 Å². The molecular weight excluding hydrogens is 320 g/mol. The van der Waals surface area contributed by atoms with E-state index in [4.69, 9.17) is 11.6 Å². The maximum Gasteiger partial charge on any atom is 0.272 e. The van der Waals surface area contributed by atoms with Crippen LogP contribution in [0.25, 0.3) is 0 Å². The van der Waals surface area contributed by atoms with Crippen LogP contribution in [0.15, 0.2) is 41.3 Å². The summed E-state index contributed by atoms with van der Waals surface area (Å²) in [4.78, 5) is 25.7. The minimum Gasteiger partial charge on any atom is -0.384 e. The van der Waals surface area contributed by atoms with E-state index >= 15 is 0 Å². The van der Waals surface area contributed by atoms with Gasteiger partial charge in [-0.15, -0.1) is 0 Å². The summed E-state index contributed by atoms with van der Waals surface area (Å²) < 4.78 is 1.20. The van der Waals surface area contributed by atoms with E-state index in [9.17, 15) is 9.59 Å². The molecule has 2 aliphatic heterocycles. The molecule has 4 nitrogen and oxygen atoms in total. The number of imide groups is 1. The number of nitrogens with one attached hydrogen (secondary N) is 1. The minimum absolute atomic E-state index is 0.280. The van der Waals surface area contributed by atoms with E-state index in [0.29, 0.717) is 16.1 Å². The molecule has 2 aliphatic rings. The standard InChI is InChI=1S/C16H11ClN2O2S/c17-10-7-9-5-6-18-14(9)13(8-10)22-19-15(20)11-3-1-2-4-12(11)16(19)21/h1-4,7-8,18H,5-6H2. The van der Waals surface area contributed by atoms with Crippen molar-refractivity contribution in [3.05, 3.63) is 58.1 Å². The van der Waals surface area contributed by atoms with Crippen molar-refractivity contribution in [2.75, 3.05) is 11.9 Å². The molecule has 0 saturated carbocycles. The number of carbonyl (C=O) groups excluding carboxylic acids is 2. The molecule has 2 aromatic rings. The number of amides is 2. The molecule has 6 heteroatoms. The van der Waals surface area contributed by atoms with Crippen molar-refractivity contribution in [3.63, 3.8) is 0 Å². The first-order valence-corrected chi connectivity index (χ1v) is 8.02. The molecule has 2 amide bonds. The van der Waals surface area contributed by atoms with Gasteiger partial charge in [-0.05, 0) is 36.2 Å². The Morgan fingerprint density at radius 2 is 1.77 bits per heavy atom. The van der Waals surface area contributed by atoms with Gasteiger partial charge >= 0.3 is 0 Å². The predicted octanol–water partition coefficient (Wildman–Crippen LogP) is 3.61. The van der Waals surface area contributed by atoms with Gasteiger partial charge in [0.2, 0.25) is 0 Å². The smallest absolute Gasteiger partial charge is 0.272 e. The van der Waals surface area contributed by atoms with Gasteiger partial charge in [-0.3, -0.25) is 9.59 Å². The molecule has 0 fully saturated rings. The molecule has 22 heavy (non-hydrogen) atoms. The highest BCUT2D eigenvalue weighted by atomic mass is 35.5. The van der Waals surface area contributed by atoms with Gasteiger partial charge in [0.25, 0.3) is 11.8 Å². The molecule has 1 N–H and O–H groups in total. The normalized spacial score (nSPS) is 15.8. The summed E-state index contributed by atoms with van der Waals surface area (Å²) >= 11 is 7.28. The largest absolute Gasteiger partial charge is 0.384 e. The molecule has 0 spiro atoms. The summed E-state index contributed by atoms with van der Waals surface area (Å²) in [6.45, 7) is 0.839. The Balaban J connectivity index is 1.72. The Labute approximate surface area is 136 Å². The number of fused-ring (bicyclic) bond motifs is 2. The Morgan fingerprint density at radius 1 is 1.09 bits per heavy atom. The SMILES string of the molecule is O=C1c2ccccc2C(=O)N1Sc1cc(Cl)cc2c1NCC2. The second kappa shape index (κ2) is 5.04. The molecule has 0 saturated heterocycles. The Kier molecular flexibility index (Phi) is 3.13. The average molecular weight is 331 g/mol. The molecule has 2 heterocycles. The first-order chi connectivity index (χ1) is 10.6. The fraction of sp³-hybridized carbons (Fsp3) is 0.125. The highest BCUT2D eigenvalue weighted by Gasteiger charge is 2.37. The van der Waals surface area contributed by atoms with E-state index in [-0.39, 0.29) is 11.8 Å². The third-order valence-electron chi connectivity index (χ3n) is 3.79. The molecular formula is C16H11ClN2O2S. The number of nitrogens with zero attached hydrogens (tertiary/aromatic N) is 1. The zero-order valence-electron chi connectivity index (χ0n) is 11.4. The van der Waals surface area contributed by atoms with E-state index in [1.54, 1.807) is 30.3 Å². The predicted molar refractivity (Wildman–Crippen MR) is 86.4 cm³/mol. The van der Waals surface area contributed by atoms with Gasteiger partial charge in [-0.1, -0.05) is 23.7 Å². The van der Waals surface area contributed by atoms with Crippen molar-refractivity contribution in [1.82, 2.24) is 4.31 Å². The third-order valence-corrected chi connectivity index (χ3v) is 5.04. The van der Waals surface area contributed by atoms with Crippen molar-refractivity contribution in [3.8, 4) is 0 Å². The van der Waals surface area contributed by atoms with Crippen LogP contribution in [0.5, 0.6) is 0 Å². The first kappa shape index (κ1) is 13.7. The molecule has 110 valence electrons. The van der Waals surface area contributed by atoms with Crippen LogP contribution >= 0.6 is 23.5 Å². The van der Waals surface area contributed by atoms with E-state index in [2.05, 4.69) is 5.32 Å². The lowest BCUT2D eigenvalue weighted by atomic mass is 10.1. The zero-order valence-corrected chi connectivity index (χ0v) is 13.0. The number of hydrogen-bond acceptors (Lipinski definition) is 4.